The van der Waals surface area contributed by atoms with Gasteiger partial charge in [-0.15, -0.1) is 0 Å². The van der Waals surface area contributed by atoms with Crippen LogP contribution in [0.15, 0.2) is 44.3 Å². The van der Waals surface area contributed by atoms with Crippen LogP contribution in [0.1, 0.15) is 51.0 Å². The van der Waals surface area contributed by atoms with E-state index in [2.05, 4.69) is 10.1 Å². The van der Waals surface area contributed by atoms with Crippen LogP contribution in [0.3, 0.4) is 0 Å². The number of hydrogen-bond donors (Lipinski definition) is 5. The number of hydrogen-bond acceptors (Lipinski definition) is 6. The molecule has 1 fully saturated rings. The normalized spacial score (nSPS) is 15.7. The average Bonchev–Trinajstić information content (AvgIpc) is 3.35. The van der Waals surface area contributed by atoms with Crippen molar-refractivity contribution in [3.05, 3.63) is 50.9 Å². The van der Waals surface area contributed by atoms with E-state index in [1.165, 1.54) is 24.6 Å². The molecular weight excluding hydrogens is 450 g/mol. The van der Waals surface area contributed by atoms with Crippen LogP contribution >= 0.6 is 0 Å². The number of aromatic nitrogens is 3. The topological polar surface area (TPSA) is 144 Å². The third-order valence-electron chi connectivity index (χ3n) is 7.15. The number of H-pyrrole nitrogens is 2. The smallest absolute Gasteiger partial charge is 0.274 e. The summed E-state index contributed by atoms with van der Waals surface area (Å²) in [4.78, 5) is 28.8. The predicted octanol–water partition coefficient (Wildman–Crippen LogP) is 4.99. The van der Waals surface area contributed by atoms with Crippen LogP contribution in [-0.2, 0) is 0 Å². The van der Waals surface area contributed by atoms with Gasteiger partial charge >= 0.3 is 0 Å². The number of pyridine rings is 1. The summed E-state index contributed by atoms with van der Waals surface area (Å²) in [5.41, 5.74) is 1.34. The maximum absolute atomic E-state index is 13.4. The maximum Gasteiger partial charge on any atom is 0.274 e. The zero-order valence-electron chi connectivity index (χ0n) is 18.9. The predicted molar refractivity (Wildman–Crippen MR) is 132 cm³/mol. The quantitative estimate of drug-likeness (QED) is 0.228. The minimum atomic E-state index is -0.568. The molecule has 5 aromatic rings. The van der Waals surface area contributed by atoms with E-state index in [4.69, 9.17) is 4.42 Å². The van der Waals surface area contributed by atoms with E-state index in [1.807, 2.05) is 4.68 Å². The highest BCUT2D eigenvalue weighted by Crippen LogP contribution is 2.42. The third kappa shape index (κ3) is 3.30. The summed E-state index contributed by atoms with van der Waals surface area (Å²) in [7, 11) is 0. The first-order chi connectivity index (χ1) is 16.9. The lowest BCUT2D eigenvalue weighted by Gasteiger charge is -2.21. The summed E-state index contributed by atoms with van der Waals surface area (Å²) in [6, 6.07) is 7.25. The molecular formula is C26H25N3O6. The summed E-state index contributed by atoms with van der Waals surface area (Å²) in [5, 5.41) is 34.3. The minimum absolute atomic E-state index is 0.0228. The van der Waals surface area contributed by atoms with Gasteiger partial charge in [0, 0.05) is 10.9 Å². The van der Waals surface area contributed by atoms with Crippen LogP contribution < -0.4 is 11.0 Å². The highest BCUT2D eigenvalue weighted by molar-refractivity contribution is 6.15. The van der Waals surface area contributed by atoms with Crippen molar-refractivity contribution in [3.8, 4) is 28.4 Å². The van der Waals surface area contributed by atoms with Gasteiger partial charge in [0.2, 0.25) is 11.2 Å². The molecule has 0 aliphatic heterocycles. The van der Waals surface area contributed by atoms with Crippen molar-refractivity contribution in [2.45, 2.75) is 51.0 Å². The monoisotopic (exact) mass is 475 g/mol. The molecule has 3 aromatic heterocycles. The lowest BCUT2D eigenvalue weighted by atomic mass is 9.96. The molecule has 9 heteroatoms. The van der Waals surface area contributed by atoms with Gasteiger partial charge in [0.15, 0.2) is 22.7 Å². The first-order valence-corrected chi connectivity index (χ1v) is 11.9. The minimum Gasteiger partial charge on any atom is -0.504 e. The van der Waals surface area contributed by atoms with Crippen molar-refractivity contribution < 1.29 is 19.7 Å². The second kappa shape index (κ2) is 7.97. The first-order valence-electron chi connectivity index (χ1n) is 11.9. The average molecular weight is 476 g/mol. The van der Waals surface area contributed by atoms with Gasteiger partial charge < -0.3 is 24.7 Å². The zero-order valence-corrected chi connectivity index (χ0v) is 18.9. The van der Waals surface area contributed by atoms with Crippen molar-refractivity contribution in [2.24, 2.45) is 0 Å². The van der Waals surface area contributed by atoms with E-state index in [1.54, 1.807) is 12.1 Å². The molecule has 6 rings (SSSR count). The molecule has 1 saturated carbocycles. The van der Waals surface area contributed by atoms with Crippen LogP contribution in [0, 0.1) is 0 Å². The summed E-state index contributed by atoms with van der Waals surface area (Å²) in [6.07, 6.45) is 7.57. The molecule has 3 heterocycles. The van der Waals surface area contributed by atoms with Gasteiger partial charge in [-0.05, 0) is 42.7 Å². The van der Waals surface area contributed by atoms with E-state index in [0.717, 1.165) is 38.5 Å². The van der Waals surface area contributed by atoms with E-state index >= 15 is 0 Å². The lowest BCUT2D eigenvalue weighted by molar-refractivity contribution is 0.353. The molecule has 0 atom stereocenters. The summed E-state index contributed by atoms with van der Waals surface area (Å²) in [6.45, 7) is 0. The van der Waals surface area contributed by atoms with Gasteiger partial charge in [0.25, 0.3) is 5.56 Å². The summed E-state index contributed by atoms with van der Waals surface area (Å²) >= 11 is 0. The largest absolute Gasteiger partial charge is 0.504 e. The molecule has 0 radical (unpaired) electrons. The SMILES string of the molecule is O=c1ccc2c(oc3c(-c4ccc(O)c(O)c4)c4c(=O)[nH]n(C5CCCCCCC5)c4[nH]c32)c1O. The Balaban J connectivity index is 1.74. The van der Waals surface area contributed by atoms with Crippen LogP contribution in [0.2, 0.25) is 0 Å². The van der Waals surface area contributed by atoms with Gasteiger partial charge in [-0.25, -0.2) is 0 Å². The number of furan rings is 1. The Morgan fingerprint density at radius 2 is 1.63 bits per heavy atom. The fourth-order valence-corrected chi connectivity index (χ4v) is 5.39. The van der Waals surface area contributed by atoms with Crippen molar-refractivity contribution in [1.29, 1.82) is 0 Å². The standard InChI is InChI=1S/C26H25N3O6/c30-16-10-8-13(12-18(16)32)19-20-25(29(28-26(20)34)14-6-4-2-1-3-5-7-14)27-21-15-9-11-17(31)22(33)23(15)35-24(19)21/h8-12,14,27,30,32-33H,1-7H2,(H,28,34). The third-order valence-corrected chi connectivity index (χ3v) is 7.15. The number of fused-ring (bicyclic) bond motifs is 4. The number of aromatic amines is 2. The van der Waals surface area contributed by atoms with Crippen LogP contribution in [0.5, 0.6) is 17.2 Å². The van der Waals surface area contributed by atoms with Crippen LogP contribution in [-0.4, -0.2) is 30.1 Å². The number of phenolic OH excluding ortho intramolecular Hbond substituents is 3. The molecule has 180 valence electrons. The number of nitrogens with zero attached hydrogens (tertiary/aromatic N) is 1. The summed E-state index contributed by atoms with van der Waals surface area (Å²) in [5.74, 6) is -1.13. The second-order valence-corrected chi connectivity index (χ2v) is 9.33. The van der Waals surface area contributed by atoms with Gasteiger partial charge in [0.05, 0.1) is 16.9 Å². The Kier molecular flexibility index (Phi) is 4.87. The molecule has 0 spiro atoms. The second-order valence-electron chi connectivity index (χ2n) is 9.33. The fraction of sp³-hybridized carbons (Fsp3) is 0.308. The van der Waals surface area contributed by atoms with Crippen molar-refractivity contribution >= 4 is 33.1 Å². The number of phenols is 3. The number of rotatable bonds is 2. The first kappa shape index (κ1) is 21.4. The molecule has 35 heavy (non-hydrogen) atoms. The molecule has 0 amide bonds. The van der Waals surface area contributed by atoms with Crippen molar-refractivity contribution in [1.82, 2.24) is 14.8 Å². The highest BCUT2D eigenvalue weighted by Gasteiger charge is 2.26. The number of aromatic hydroxyl groups is 3. The van der Waals surface area contributed by atoms with Gasteiger partial charge in [-0.1, -0.05) is 38.2 Å². The van der Waals surface area contributed by atoms with Gasteiger partial charge in [0.1, 0.15) is 5.65 Å². The highest BCUT2D eigenvalue weighted by atomic mass is 16.4. The Labute approximate surface area is 198 Å². The van der Waals surface area contributed by atoms with E-state index in [-0.39, 0.29) is 34.3 Å². The van der Waals surface area contributed by atoms with Crippen LogP contribution in [0.4, 0.5) is 0 Å². The Morgan fingerprint density at radius 1 is 0.886 bits per heavy atom. The van der Waals surface area contributed by atoms with Crippen LogP contribution in [0.25, 0.3) is 44.2 Å². The van der Waals surface area contributed by atoms with Gasteiger partial charge in [-0.2, -0.15) is 0 Å². The Bertz CT molecular complexity index is 1710. The fourth-order valence-electron chi connectivity index (χ4n) is 5.39. The van der Waals surface area contributed by atoms with E-state index < -0.39 is 11.2 Å². The Hall–Kier alpha value is -4.14. The molecule has 1 aliphatic rings. The maximum atomic E-state index is 13.4. The van der Waals surface area contributed by atoms with E-state index in [0.29, 0.717) is 33.1 Å². The molecule has 9 nitrogen and oxygen atoms in total. The zero-order chi connectivity index (χ0) is 24.3. The molecule has 2 aromatic carbocycles. The van der Waals surface area contributed by atoms with Crippen molar-refractivity contribution in [3.63, 3.8) is 0 Å². The molecule has 5 N–H and O–H groups in total. The molecule has 0 unspecified atom stereocenters. The van der Waals surface area contributed by atoms with Crippen molar-refractivity contribution in [2.75, 3.05) is 0 Å². The molecule has 0 saturated heterocycles. The lowest BCUT2D eigenvalue weighted by Crippen LogP contribution is -2.15. The Morgan fingerprint density at radius 3 is 2.37 bits per heavy atom. The number of nitrogens with one attached hydrogen (secondary N) is 2. The van der Waals surface area contributed by atoms with E-state index in [9.17, 15) is 24.9 Å². The molecule has 1 aliphatic carbocycles. The summed E-state index contributed by atoms with van der Waals surface area (Å²) < 4.78 is 7.88. The number of benzene rings is 2. The van der Waals surface area contributed by atoms with Gasteiger partial charge in [-0.3, -0.25) is 19.4 Å². The molecule has 0 bridgehead atoms.